The van der Waals surface area contributed by atoms with Gasteiger partial charge in [-0.2, -0.15) is 0 Å². The highest BCUT2D eigenvalue weighted by Crippen LogP contribution is 2.17. The van der Waals surface area contributed by atoms with E-state index in [1.54, 1.807) is 25.3 Å². The van der Waals surface area contributed by atoms with E-state index in [1.807, 2.05) is 0 Å². The second-order valence-electron chi connectivity index (χ2n) is 2.47. The first-order valence-electron chi connectivity index (χ1n) is 3.73. The van der Waals surface area contributed by atoms with E-state index in [-0.39, 0.29) is 0 Å². The summed E-state index contributed by atoms with van der Waals surface area (Å²) >= 11 is 0. The molecule has 0 amide bonds. The quantitative estimate of drug-likeness (QED) is 0.746. The molecule has 0 unspecified atom stereocenters. The first kappa shape index (κ1) is 9.00. The van der Waals surface area contributed by atoms with Gasteiger partial charge in [-0.05, 0) is 23.3 Å². The van der Waals surface area contributed by atoms with Gasteiger partial charge in [0.05, 0.1) is 7.11 Å². The summed E-state index contributed by atoms with van der Waals surface area (Å²) in [6.07, 6.45) is 0. The Balaban J connectivity index is 3.02. The third-order valence-electron chi connectivity index (χ3n) is 1.78. The van der Waals surface area contributed by atoms with Crippen LogP contribution in [0.25, 0.3) is 0 Å². The minimum atomic E-state index is -0.496. The van der Waals surface area contributed by atoms with Crippen LogP contribution in [-0.4, -0.2) is 7.11 Å². The Morgan fingerprint density at radius 2 is 2.17 bits per heavy atom. The smallest absolute Gasteiger partial charge is 0.119 e. The van der Waals surface area contributed by atoms with Gasteiger partial charge in [0.25, 0.3) is 0 Å². The summed E-state index contributed by atoms with van der Waals surface area (Å²) < 4.78 is 17.3. The Morgan fingerprint density at radius 1 is 1.42 bits per heavy atom. The Hall–Kier alpha value is -1.09. The molecule has 3 heteroatoms. The predicted octanol–water partition coefficient (Wildman–Crippen LogP) is 1.62. The maximum absolute atomic E-state index is 12.4. The molecule has 0 bridgehead atoms. The predicted molar refractivity (Wildman–Crippen MR) is 45.7 cm³/mol. The molecule has 0 heterocycles. The van der Waals surface area contributed by atoms with Gasteiger partial charge in [0, 0.05) is 6.54 Å². The Bertz CT molecular complexity index is 263. The van der Waals surface area contributed by atoms with Gasteiger partial charge >= 0.3 is 0 Å². The van der Waals surface area contributed by atoms with Crippen LogP contribution in [0.15, 0.2) is 18.2 Å². The topological polar surface area (TPSA) is 35.2 Å². The van der Waals surface area contributed by atoms with Crippen molar-refractivity contribution in [3.05, 3.63) is 29.3 Å². The Labute approximate surface area is 71.1 Å². The standard InChI is InChI=1S/C9H12FNO/c1-12-9-3-2-7(6-11)8(4-9)5-10/h2-4H,5-6,11H2,1H3. The molecule has 0 aliphatic carbocycles. The largest absolute Gasteiger partial charge is 0.497 e. The van der Waals surface area contributed by atoms with Gasteiger partial charge in [-0.25, -0.2) is 4.39 Å². The molecule has 0 saturated carbocycles. The molecule has 2 nitrogen and oxygen atoms in total. The number of benzene rings is 1. The van der Waals surface area contributed by atoms with Crippen molar-refractivity contribution in [1.82, 2.24) is 0 Å². The van der Waals surface area contributed by atoms with Crippen LogP contribution < -0.4 is 10.5 Å². The number of nitrogens with two attached hydrogens (primary N) is 1. The fraction of sp³-hybridized carbons (Fsp3) is 0.333. The Morgan fingerprint density at radius 3 is 2.67 bits per heavy atom. The molecular formula is C9H12FNO. The highest BCUT2D eigenvalue weighted by molar-refractivity contribution is 5.35. The van der Waals surface area contributed by atoms with Crippen molar-refractivity contribution in [2.24, 2.45) is 5.73 Å². The van der Waals surface area contributed by atoms with E-state index in [4.69, 9.17) is 10.5 Å². The third kappa shape index (κ3) is 1.74. The number of methoxy groups -OCH3 is 1. The van der Waals surface area contributed by atoms with Gasteiger partial charge in [-0.15, -0.1) is 0 Å². The molecule has 0 atom stereocenters. The minimum Gasteiger partial charge on any atom is -0.497 e. The highest BCUT2D eigenvalue weighted by Gasteiger charge is 2.01. The lowest BCUT2D eigenvalue weighted by Crippen LogP contribution is -2.00. The molecule has 12 heavy (non-hydrogen) atoms. The lowest BCUT2D eigenvalue weighted by Gasteiger charge is -2.06. The van der Waals surface area contributed by atoms with Crippen molar-refractivity contribution >= 4 is 0 Å². The molecule has 1 aromatic carbocycles. The lowest BCUT2D eigenvalue weighted by molar-refractivity contribution is 0.411. The summed E-state index contributed by atoms with van der Waals surface area (Å²) in [4.78, 5) is 0. The molecule has 0 saturated heterocycles. The van der Waals surface area contributed by atoms with Crippen molar-refractivity contribution in [3.63, 3.8) is 0 Å². The maximum Gasteiger partial charge on any atom is 0.119 e. The number of rotatable bonds is 3. The van der Waals surface area contributed by atoms with Gasteiger partial charge in [-0.3, -0.25) is 0 Å². The van der Waals surface area contributed by atoms with E-state index < -0.39 is 6.67 Å². The molecule has 0 spiro atoms. The SMILES string of the molecule is COc1ccc(CN)c(CF)c1. The molecule has 0 aliphatic rings. The molecular weight excluding hydrogens is 157 g/mol. The van der Waals surface area contributed by atoms with Crippen LogP contribution in [0.3, 0.4) is 0 Å². The molecule has 1 rings (SSSR count). The zero-order valence-electron chi connectivity index (χ0n) is 7.01. The summed E-state index contributed by atoms with van der Waals surface area (Å²) in [5, 5.41) is 0. The summed E-state index contributed by atoms with van der Waals surface area (Å²) in [5.41, 5.74) is 6.85. The van der Waals surface area contributed by atoms with E-state index in [1.165, 1.54) is 0 Å². The molecule has 0 aromatic heterocycles. The average molecular weight is 169 g/mol. The number of hydrogen-bond donors (Lipinski definition) is 1. The second-order valence-corrected chi connectivity index (χ2v) is 2.47. The van der Waals surface area contributed by atoms with E-state index in [0.717, 1.165) is 5.56 Å². The number of halogens is 1. The Kier molecular flexibility index (Phi) is 3.05. The van der Waals surface area contributed by atoms with Crippen LogP contribution in [-0.2, 0) is 13.2 Å². The van der Waals surface area contributed by atoms with E-state index in [0.29, 0.717) is 17.9 Å². The fourth-order valence-electron chi connectivity index (χ4n) is 1.05. The number of alkyl halides is 1. The molecule has 1 aromatic rings. The summed E-state index contributed by atoms with van der Waals surface area (Å²) in [5.74, 6) is 0.667. The first-order valence-corrected chi connectivity index (χ1v) is 3.73. The zero-order chi connectivity index (χ0) is 8.97. The van der Waals surface area contributed by atoms with Gasteiger partial charge < -0.3 is 10.5 Å². The summed E-state index contributed by atoms with van der Waals surface area (Å²) in [7, 11) is 1.56. The van der Waals surface area contributed by atoms with Gasteiger partial charge in [0.15, 0.2) is 0 Å². The van der Waals surface area contributed by atoms with Gasteiger partial charge in [0.1, 0.15) is 12.4 Å². The van der Waals surface area contributed by atoms with Gasteiger partial charge in [-0.1, -0.05) is 6.07 Å². The molecule has 66 valence electrons. The monoisotopic (exact) mass is 169 g/mol. The highest BCUT2D eigenvalue weighted by atomic mass is 19.1. The van der Waals surface area contributed by atoms with Crippen molar-refractivity contribution in [1.29, 1.82) is 0 Å². The van der Waals surface area contributed by atoms with E-state index in [9.17, 15) is 4.39 Å². The zero-order valence-corrected chi connectivity index (χ0v) is 7.01. The van der Waals surface area contributed by atoms with Gasteiger partial charge in [0.2, 0.25) is 0 Å². The van der Waals surface area contributed by atoms with Crippen molar-refractivity contribution in [2.75, 3.05) is 7.11 Å². The molecule has 0 fully saturated rings. The van der Waals surface area contributed by atoms with E-state index in [2.05, 4.69) is 0 Å². The first-order chi connectivity index (χ1) is 5.81. The summed E-state index contributed by atoms with van der Waals surface area (Å²) in [6, 6.07) is 5.23. The minimum absolute atomic E-state index is 0.364. The molecule has 2 N–H and O–H groups in total. The van der Waals surface area contributed by atoms with E-state index >= 15 is 0 Å². The average Bonchev–Trinajstić information content (AvgIpc) is 2.16. The van der Waals surface area contributed by atoms with Crippen LogP contribution in [0.1, 0.15) is 11.1 Å². The number of ether oxygens (including phenoxy) is 1. The van der Waals surface area contributed by atoms with Crippen molar-refractivity contribution in [2.45, 2.75) is 13.2 Å². The van der Waals surface area contributed by atoms with Crippen LogP contribution in [0.5, 0.6) is 5.75 Å². The second kappa shape index (κ2) is 4.07. The number of hydrogen-bond acceptors (Lipinski definition) is 2. The third-order valence-corrected chi connectivity index (χ3v) is 1.78. The molecule has 0 aliphatic heterocycles. The summed E-state index contributed by atoms with van der Waals surface area (Å²) in [6.45, 7) is -0.132. The van der Waals surface area contributed by atoms with Crippen LogP contribution in [0.2, 0.25) is 0 Å². The van der Waals surface area contributed by atoms with Crippen molar-refractivity contribution < 1.29 is 9.13 Å². The maximum atomic E-state index is 12.4. The van der Waals surface area contributed by atoms with Crippen molar-refractivity contribution in [3.8, 4) is 5.75 Å². The van der Waals surface area contributed by atoms with Crippen LogP contribution in [0.4, 0.5) is 4.39 Å². The fourth-order valence-corrected chi connectivity index (χ4v) is 1.05. The van der Waals surface area contributed by atoms with Crippen LogP contribution in [0, 0.1) is 0 Å². The molecule has 0 radical (unpaired) electrons. The lowest BCUT2D eigenvalue weighted by atomic mass is 10.1. The normalized spacial score (nSPS) is 9.92. The van der Waals surface area contributed by atoms with Crippen LogP contribution >= 0.6 is 0 Å².